The van der Waals surface area contributed by atoms with Crippen molar-refractivity contribution in [2.45, 2.75) is 64.5 Å². The summed E-state index contributed by atoms with van der Waals surface area (Å²) >= 11 is 0. The zero-order chi connectivity index (χ0) is 25.3. The second kappa shape index (κ2) is 10.00. The molecule has 0 fully saturated rings. The first-order valence-corrected chi connectivity index (χ1v) is 13.6. The number of hydrogen-bond acceptors (Lipinski definition) is 6. The Morgan fingerprint density at radius 2 is 0.853 bits per heavy atom. The molecule has 0 aliphatic heterocycles. The third-order valence-electron chi connectivity index (χ3n) is 5.57. The van der Waals surface area contributed by atoms with E-state index in [-0.39, 0.29) is 23.0 Å². The molecular weight excluding hydrogens is 472 g/mol. The van der Waals surface area contributed by atoms with Crippen molar-refractivity contribution in [1.29, 1.82) is 0 Å². The molecule has 3 aromatic carbocycles. The van der Waals surface area contributed by atoms with E-state index in [1.807, 2.05) is 13.8 Å². The lowest BCUT2D eigenvalue weighted by molar-refractivity contribution is 0.288. The van der Waals surface area contributed by atoms with Gasteiger partial charge in [-0.15, -0.1) is 0 Å². The van der Waals surface area contributed by atoms with E-state index in [4.69, 9.17) is 8.37 Å². The summed E-state index contributed by atoms with van der Waals surface area (Å²) in [5.41, 5.74) is 5.46. The fourth-order valence-electron chi connectivity index (χ4n) is 4.36. The minimum Gasteiger partial charge on any atom is -0.262 e. The van der Waals surface area contributed by atoms with E-state index in [0.717, 1.165) is 11.1 Å². The molecule has 0 unspecified atom stereocenters. The van der Waals surface area contributed by atoms with Crippen molar-refractivity contribution < 1.29 is 25.2 Å². The Labute approximate surface area is 202 Å². The maximum Gasteiger partial charge on any atom is 0.297 e. The summed E-state index contributed by atoms with van der Waals surface area (Å²) in [6.07, 6.45) is 0. The van der Waals surface area contributed by atoms with Gasteiger partial charge in [-0.1, -0.05) is 59.7 Å². The van der Waals surface area contributed by atoms with Crippen LogP contribution < -0.4 is 0 Å². The zero-order valence-electron chi connectivity index (χ0n) is 20.3. The van der Waals surface area contributed by atoms with E-state index < -0.39 is 20.2 Å². The van der Waals surface area contributed by atoms with E-state index in [2.05, 4.69) is 0 Å². The van der Waals surface area contributed by atoms with Gasteiger partial charge in [-0.2, -0.15) is 16.8 Å². The minimum absolute atomic E-state index is 0.153. The van der Waals surface area contributed by atoms with Crippen molar-refractivity contribution >= 4 is 20.2 Å². The van der Waals surface area contributed by atoms with Crippen LogP contribution in [0.2, 0.25) is 0 Å². The van der Waals surface area contributed by atoms with E-state index >= 15 is 0 Å². The quantitative estimate of drug-likeness (QED) is 0.386. The monoisotopic (exact) mass is 502 g/mol. The molecule has 0 N–H and O–H groups in total. The SMILES string of the molecule is Cc1cc(C)c(S(=O)(=O)OCc2ccccc2COS(=O)(=O)c2c(C)cc(C)cc2C)c(C)c1. The Morgan fingerprint density at radius 3 is 1.15 bits per heavy atom. The summed E-state index contributed by atoms with van der Waals surface area (Å²) in [5, 5.41) is 0. The van der Waals surface area contributed by atoms with E-state index in [9.17, 15) is 16.8 Å². The van der Waals surface area contributed by atoms with E-state index in [1.165, 1.54) is 0 Å². The smallest absolute Gasteiger partial charge is 0.262 e. The summed E-state index contributed by atoms with van der Waals surface area (Å²) < 4.78 is 62.5. The molecule has 3 aromatic rings. The standard InChI is InChI=1S/C26H30O6S2/c1-17-11-19(3)25(20(4)12-17)33(27,28)31-15-23-9-7-8-10-24(23)16-32-34(29,30)26-21(5)13-18(2)14-22(26)6/h7-14H,15-16H2,1-6H3. The molecule has 3 rings (SSSR count). The maximum atomic E-state index is 12.9. The molecule has 0 spiro atoms. The molecule has 0 saturated carbocycles. The fraction of sp³-hybridized carbons (Fsp3) is 0.308. The summed E-state index contributed by atoms with van der Waals surface area (Å²) in [7, 11) is -8.03. The largest absolute Gasteiger partial charge is 0.297 e. The summed E-state index contributed by atoms with van der Waals surface area (Å²) in [4.78, 5) is 0.305. The molecule has 0 amide bonds. The summed E-state index contributed by atoms with van der Waals surface area (Å²) in [5.74, 6) is 0. The third kappa shape index (κ3) is 5.75. The van der Waals surface area contributed by atoms with Crippen LogP contribution in [0.4, 0.5) is 0 Å². The molecule has 0 aliphatic carbocycles. The second-order valence-corrected chi connectivity index (χ2v) is 11.8. The highest BCUT2D eigenvalue weighted by atomic mass is 32.2. The third-order valence-corrected chi connectivity index (χ3v) is 8.71. The van der Waals surface area contributed by atoms with Crippen LogP contribution >= 0.6 is 0 Å². The number of rotatable bonds is 8. The Kier molecular flexibility index (Phi) is 7.67. The number of aryl methyl sites for hydroxylation is 6. The van der Waals surface area contributed by atoms with E-state index in [0.29, 0.717) is 33.4 Å². The molecular formula is C26H30O6S2. The molecule has 0 atom stereocenters. The second-order valence-electron chi connectivity index (χ2n) is 8.66. The van der Waals surface area contributed by atoms with Gasteiger partial charge in [-0.3, -0.25) is 8.37 Å². The molecule has 6 nitrogen and oxygen atoms in total. The molecule has 182 valence electrons. The van der Waals surface area contributed by atoms with Gasteiger partial charge in [-0.25, -0.2) is 0 Å². The highest BCUT2D eigenvalue weighted by Gasteiger charge is 2.23. The average molecular weight is 503 g/mol. The van der Waals surface area contributed by atoms with Crippen LogP contribution in [0.25, 0.3) is 0 Å². The van der Waals surface area contributed by atoms with Gasteiger partial charge in [0.05, 0.1) is 23.0 Å². The Balaban J connectivity index is 1.81. The number of benzene rings is 3. The minimum atomic E-state index is -4.01. The first kappa shape index (κ1) is 26.1. The summed E-state index contributed by atoms with van der Waals surface area (Å²) in [6, 6.07) is 14.0. The van der Waals surface area contributed by atoms with Gasteiger partial charge in [0.25, 0.3) is 20.2 Å². The lowest BCUT2D eigenvalue weighted by Crippen LogP contribution is -2.13. The molecule has 0 aromatic heterocycles. The molecule has 0 aliphatic rings. The molecule has 34 heavy (non-hydrogen) atoms. The molecule has 8 heteroatoms. The fourth-order valence-corrected chi connectivity index (χ4v) is 6.97. The van der Waals surface area contributed by atoms with Gasteiger partial charge >= 0.3 is 0 Å². The lowest BCUT2D eigenvalue weighted by atomic mass is 10.1. The molecule has 0 bridgehead atoms. The van der Waals surface area contributed by atoms with Crippen molar-refractivity contribution in [2.75, 3.05) is 0 Å². The van der Waals surface area contributed by atoms with Crippen molar-refractivity contribution in [1.82, 2.24) is 0 Å². The van der Waals surface area contributed by atoms with Gasteiger partial charge in [0, 0.05) is 0 Å². The van der Waals surface area contributed by atoms with Crippen LogP contribution in [-0.4, -0.2) is 16.8 Å². The van der Waals surface area contributed by atoms with Crippen molar-refractivity contribution in [3.63, 3.8) is 0 Å². The normalized spacial score (nSPS) is 12.2. The van der Waals surface area contributed by atoms with Gasteiger partial charge in [0.2, 0.25) is 0 Å². The van der Waals surface area contributed by atoms with Crippen molar-refractivity contribution in [3.05, 3.63) is 93.0 Å². The number of hydrogen-bond donors (Lipinski definition) is 0. The van der Waals surface area contributed by atoms with Crippen LogP contribution in [0.5, 0.6) is 0 Å². The molecule has 0 saturated heterocycles. The van der Waals surface area contributed by atoms with Crippen LogP contribution in [0.1, 0.15) is 44.5 Å². The maximum absolute atomic E-state index is 12.9. The van der Waals surface area contributed by atoms with Crippen molar-refractivity contribution in [3.8, 4) is 0 Å². The van der Waals surface area contributed by atoms with Crippen LogP contribution in [0.15, 0.2) is 58.3 Å². The van der Waals surface area contributed by atoms with Crippen molar-refractivity contribution in [2.24, 2.45) is 0 Å². The highest BCUT2D eigenvalue weighted by molar-refractivity contribution is 7.87. The molecule has 0 heterocycles. The van der Waals surface area contributed by atoms with Gasteiger partial charge in [0.1, 0.15) is 0 Å². The van der Waals surface area contributed by atoms with E-state index in [1.54, 1.807) is 76.2 Å². The Bertz CT molecular complexity index is 1280. The molecule has 0 radical (unpaired) electrons. The lowest BCUT2D eigenvalue weighted by Gasteiger charge is -2.15. The van der Waals surface area contributed by atoms with Gasteiger partial charge in [0.15, 0.2) is 0 Å². The predicted molar refractivity (Wildman–Crippen MR) is 132 cm³/mol. The Morgan fingerprint density at radius 1 is 0.559 bits per heavy atom. The predicted octanol–water partition coefficient (Wildman–Crippen LogP) is 5.35. The van der Waals surface area contributed by atoms with Crippen LogP contribution in [0.3, 0.4) is 0 Å². The first-order valence-electron chi connectivity index (χ1n) is 10.8. The highest BCUT2D eigenvalue weighted by Crippen LogP contribution is 2.27. The Hall–Kier alpha value is -2.52. The van der Waals surface area contributed by atoms with Gasteiger partial charge in [-0.05, 0) is 74.9 Å². The van der Waals surface area contributed by atoms with Crippen LogP contribution in [-0.2, 0) is 41.8 Å². The first-order chi connectivity index (χ1) is 15.8. The van der Waals surface area contributed by atoms with Crippen LogP contribution in [0, 0.1) is 41.5 Å². The zero-order valence-corrected chi connectivity index (χ0v) is 21.9. The topological polar surface area (TPSA) is 86.7 Å². The average Bonchev–Trinajstić information content (AvgIpc) is 2.69. The van der Waals surface area contributed by atoms with Gasteiger partial charge < -0.3 is 0 Å². The summed E-state index contributed by atoms with van der Waals surface area (Å²) in [6.45, 7) is 10.3.